The van der Waals surface area contributed by atoms with Crippen LogP contribution in [0.4, 0.5) is 5.13 Å². The fraction of sp³-hybridized carbons (Fsp3) is 0.276. The Hall–Kier alpha value is -4.11. The normalized spacial score (nSPS) is 16.4. The van der Waals surface area contributed by atoms with E-state index in [9.17, 15) is 9.59 Å². The minimum Gasteiger partial charge on any atom is -0.438 e. The molecule has 2 amide bonds. The Bertz CT molecular complexity index is 1500. The largest absolute Gasteiger partial charge is 0.438 e. The first kappa shape index (κ1) is 24.2. The molecule has 4 aromatic rings. The van der Waals surface area contributed by atoms with Crippen molar-refractivity contribution >= 4 is 28.3 Å². The number of para-hydroxylation sites is 1. The van der Waals surface area contributed by atoms with Crippen LogP contribution in [0, 0.1) is 5.41 Å². The zero-order valence-corrected chi connectivity index (χ0v) is 22.0. The monoisotopic (exact) mass is 525 g/mol. The minimum atomic E-state index is -0.846. The van der Waals surface area contributed by atoms with Crippen LogP contribution in [-0.4, -0.2) is 45.0 Å². The number of pyridine rings is 1. The minimum absolute atomic E-state index is 0.0734. The van der Waals surface area contributed by atoms with Crippen LogP contribution in [0.5, 0.6) is 11.6 Å². The standard InChI is InChI=1S/C29H27N5O3S/c1-29(2,27(36)32-28-33-30-17-38-28)24-20-7-3-4-8-23(20)37-25-21(24)13-14-22(31-25)18-9-11-19(12-10-18)26(35)34-15-5-6-16-34/h3-4,7-14,17,24H,5-6,15-16H2,1-2H3,(H,32,33,36)/t24-/m0/s1. The number of likely N-dealkylation sites (tertiary alicyclic amines) is 1. The van der Waals surface area contributed by atoms with Gasteiger partial charge < -0.3 is 15.0 Å². The lowest BCUT2D eigenvalue weighted by atomic mass is 9.69. The Labute approximate surface area is 224 Å². The van der Waals surface area contributed by atoms with Crippen LogP contribution in [0.2, 0.25) is 0 Å². The number of hydrogen-bond acceptors (Lipinski definition) is 7. The Kier molecular flexibility index (Phi) is 6.15. The summed E-state index contributed by atoms with van der Waals surface area (Å²) in [6.45, 7) is 5.48. The Morgan fingerprint density at radius 1 is 1.00 bits per heavy atom. The molecule has 1 saturated heterocycles. The molecule has 38 heavy (non-hydrogen) atoms. The van der Waals surface area contributed by atoms with Crippen molar-refractivity contribution in [1.29, 1.82) is 0 Å². The third kappa shape index (κ3) is 4.32. The van der Waals surface area contributed by atoms with Crippen molar-refractivity contribution in [2.24, 2.45) is 5.41 Å². The fourth-order valence-corrected chi connectivity index (χ4v) is 5.72. The zero-order valence-electron chi connectivity index (χ0n) is 21.2. The average molecular weight is 526 g/mol. The van der Waals surface area contributed by atoms with E-state index >= 15 is 0 Å². The third-order valence-electron chi connectivity index (χ3n) is 7.35. The highest BCUT2D eigenvalue weighted by atomic mass is 32.1. The predicted molar refractivity (Wildman–Crippen MR) is 145 cm³/mol. The van der Waals surface area contributed by atoms with Crippen molar-refractivity contribution in [3.8, 4) is 22.9 Å². The molecule has 9 heteroatoms. The van der Waals surface area contributed by atoms with Crippen molar-refractivity contribution < 1.29 is 14.3 Å². The summed E-state index contributed by atoms with van der Waals surface area (Å²) in [5.41, 5.74) is 4.81. The number of carbonyl (C=O) groups is 2. The highest BCUT2D eigenvalue weighted by molar-refractivity contribution is 7.13. The summed E-state index contributed by atoms with van der Waals surface area (Å²) in [5.74, 6) is 0.768. The predicted octanol–water partition coefficient (Wildman–Crippen LogP) is 5.74. The molecule has 6 rings (SSSR count). The van der Waals surface area contributed by atoms with Crippen LogP contribution in [0.25, 0.3) is 11.3 Å². The number of nitrogens with zero attached hydrogens (tertiary/aromatic N) is 4. The molecule has 0 bridgehead atoms. The molecular formula is C29H27N5O3S. The van der Waals surface area contributed by atoms with E-state index in [0.717, 1.165) is 48.3 Å². The molecule has 192 valence electrons. The molecule has 2 aliphatic heterocycles. The first-order chi connectivity index (χ1) is 18.4. The van der Waals surface area contributed by atoms with Crippen molar-refractivity contribution in [2.45, 2.75) is 32.6 Å². The molecule has 0 spiro atoms. The first-order valence-electron chi connectivity index (χ1n) is 12.7. The number of benzene rings is 2. The quantitative estimate of drug-likeness (QED) is 0.357. The Morgan fingerprint density at radius 2 is 1.76 bits per heavy atom. The van der Waals surface area contributed by atoms with Gasteiger partial charge in [-0.2, -0.15) is 0 Å². The van der Waals surface area contributed by atoms with Crippen molar-refractivity contribution in [2.75, 3.05) is 18.4 Å². The van der Waals surface area contributed by atoms with Crippen molar-refractivity contribution in [1.82, 2.24) is 20.1 Å². The molecule has 0 aliphatic carbocycles. The van der Waals surface area contributed by atoms with Gasteiger partial charge in [0.1, 0.15) is 11.3 Å². The summed E-state index contributed by atoms with van der Waals surface area (Å²) in [4.78, 5) is 33.0. The van der Waals surface area contributed by atoms with Gasteiger partial charge in [-0.25, -0.2) is 4.98 Å². The SMILES string of the molecule is CC(C)(C(=O)Nc1nncs1)[C@H]1c2ccccc2Oc2nc(-c3ccc(C(=O)N4CCCC4)cc3)ccc21. The molecular weight excluding hydrogens is 498 g/mol. The second-order valence-electron chi connectivity index (χ2n) is 10.2. The van der Waals surface area contributed by atoms with E-state index < -0.39 is 5.41 Å². The van der Waals surface area contributed by atoms with Crippen molar-refractivity contribution in [3.63, 3.8) is 0 Å². The lowest BCUT2D eigenvalue weighted by Crippen LogP contribution is -2.38. The number of hydrogen-bond donors (Lipinski definition) is 1. The van der Waals surface area contributed by atoms with E-state index in [1.54, 1.807) is 5.51 Å². The highest BCUT2D eigenvalue weighted by Gasteiger charge is 2.44. The maximum absolute atomic E-state index is 13.5. The number of carbonyl (C=O) groups excluding carboxylic acids is 2. The number of nitrogens with one attached hydrogen (secondary N) is 1. The van der Waals surface area contributed by atoms with Gasteiger partial charge in [-0.3, -0.25) is 9.59 Å². The van der Waals surface area contributed by atoms with Crippen LogP contribution >= 0.6 is 11.3 Å². The van der Waals surface area contributed by atoms with Crippen LogP contribution in [-0.2, 0) is 4.79 Å². The number of anilines is 1. The maximum Gasteiger partial charge on any atom is 0.253 e. The Morgan fingerprint density at radius 3 is 2.50 bits per heavy atom. The first-order valence-corrected chi connectivity index (χ1v) is 13.5. The van der Waals surface area contributed by atoms with E-state index in [1.807, 2.05) is 79.4 Å². The van der Waals surface area contributed by atoms with Gasteiger partial charge in [-0.05, 0) is 37.1 Å². The summed E-state index contributed by atoms with van der Waals surface area (Å²) in [6, 6.07) is 19.2. The number of ether oxygens (including phenoxy) is 1. The smallest absolute Gasteiger partial charge is 0.253 e. The van der Waals surface area contributed by atoms with E-state index in [2.05, 4.69) is 15.5 Å². The van der Waals surface area contributed by atoms with Crippen LogP contribution < -0.4 is 10.1 Å². The number of fused-ring (bicyclic) bond motifs is 2. The second-order valence-corrected chi connectivity index (χ2v) is 11.0. The van der Waals surface area contributed by atoms with Gasteiger partial charge in [0.25, 0.3) is 5.91 Å². The summed E-state index contributed by atoms with van der Waals surface area (Å²) < 4.78 is 6.26. The Balaban J connectivity index is 1.33. The van der Waals surface area contributed by atoms with E-state index in [4.69, 9.17) is 9.72 Å². The molecule has 0 unspecified atom stereocenters. The topological polar surface area (TPSA) is 97.3 Å². The van der Waals surface area contributed by atoms with E-state index in [1.165, 1.54) is 11.3 Å². The molecule has 2 aliphatic rings. The molecule has 2 aromatic heterocycles. The molecule has 2 aromatic carbocycles. The van der Waals surface area contributed by atoms with E-state index in [0.29, 0.717) is 22.3 Å². The molecule has 1 N–H and O–H groups in total. The lowest BCUT2D eigenvalue weighted by molar-refractivity contribution is -0.124. The number of amides is 2. The summed E-state index contributed by atoms with van der Waals surface area (Å²) in [6.07, 6.45) is 2.13. The van der Waals surface area contributed by atoms with Crippen LogP contribution in [0.1, 0.15) is 54.1 Å². The van der Waals surface area contributed by atoms with Crippen LogP contribution in [0.15, 0.2) is 66.2 Å². The summed E-state index contributed by atoms with van der Waals surface area (Å²) in [5, 5.41) is 11.2. The summed E-state index contributed by atoms with van der Waals surface area (Å²) >= 11 is 1.28. The number of aromatic nitrogens is 3. The highest BCUT2D eigenvalue weighted by Crippen LogP contribution is 2.52. The molecule has 4 heterocycles. The summed E-state index contributed by atoms with van der Waals surface area (Å²) in [7, 11) is 0. The van der Waals surface area contributed by atoms with Crippen LogP contribution in [0.3, 0.4) is 0 Å². The van der Waals surface area contributed by atoms with Gasteiger partial charge in [0.05, 0.1) is 11.1 Å². The van der Waals surface area contributed by atoms with Gasteiger partial charge in [-0.15, -0.1) is 10.2 Å². The number of rotatable bonds is 5. The fourth-order valence-electron chi connectivity index (χ4n) is 5.28. The molecule has 1 atom stereocenters. The molecule has 0 saturated carbocycles. The zero-order chi connectivity index (χ0) is 26.3. The third-order valence-corrected chi connectivity index (χ3v) is 7.95. The second kappa shape index (κ2) is 9.64. The average Bonchev–Trinajstić information content (AvgIpc) is 3.66. The van der Waals surface area contributed by atoms with Gasteiger partial charge in [-0.1, -0.05) is 61.6 Å². The van der Waals surface area contributed by atoms with Gasteiger partial charge in [0, 0.05) is 41.3 Å². The molecule has 8 nitrogen and oxygen atoms in total. The maximum atomic E-state index is 13.5. The van der Waals surface area contributed by atoms with Gasteiger partial charge in [0.15, 0.2) is 0 Å². The molecule has 1 fully saturated rings. The van der Waals surface area contributed by atoms with Gasteiger partial charge >= 0.3 is 0 Å². The van der Waals surface area contributed by atoms with Crippen molar-refractivity contribution in [3.05, 3.63) is 82.9 Å². The molecule has 0 radical (unpaired) electrons. The lowest BCUT2D eigenvalue weighted by Gasteiger charge is -2.37. The van der Waals surface area contributed by atoms with E-state index in [-0.39, 0.29) is 17.7 Å². The van der Waals surface area contributed by atoms with Gasteiger partial charge in [0.2, 0.25) is 16.9 Å².